The molecule has 1 heterocycles. The van der Waals surface area contributed by atoms with Crippen LogP contribution < -0.4 is 5.73 Å². The van der Waals surface area contributed by atoms with Crippen molar-refractivity contribution in [3.05, 3.63) is 23.3 Å². The molecule has 0 saturated carbocycles. The molecule has 2 rings (SSSR count). The summed E-state index contributed by atoms with van der Waals surface area (Å²) in [6.45, 7) is 3.71. The predicted molar refractivity (Wildman–Crippen MR) is 55.1 cm³/mol. The normalized spacial score (nSPS) is 29.3. The number of fused-ring (bicyclic) bond motifs is 1. The van der Waals surface area contributed by atoms with E-state index >= 15 is 0 Å². The molecule has 0 radical (unpaired) electrons. The van der Waals surface area contributed by atoms with E-state index in [0.717, 1.165) is 5.70 Å². The topological polar surface area (TPSA) is 46.3 Å². The quantitative estimate of drug-likeness (QED) is 0.659. The highest BCUT2D eigenvalue weighted by Gasteiger charge is 2.50. The van der Waals surface area contributed by atoms with E-state index in [9.17, 15) is 9.18 Å². The van der Waals surface area contributed by atoms with Gasteiger partial charge in [0.05, 0.1) is 11.1 Å². The maximum atomic E-state index is 13.4. The number of carbonyl (C=O) groups is 1. The summed E-state index contributed by atoms with van der Waals surface area (Å²) in [5, 5.41) is 0. The highest BCUT2D eigenvalue weighted by molar-refractivity contribution is 5.87. The summed E-state index contributed by atoms with van der Waals surface area (Å²) >= 11 is 0. The monoisotopic (exact) mass is 210 g/mol. The molecule has 15 heavy (non-hydrogen) atoms. The Balaban J connectivity index is 2.49. The van der Waals surface area contributed by atoms with E-state index in [1.54, 1.807) is 18.0 Å². The van der Waals surface area contributed by atoms with Gasteiger partial charge in [-0.1, -0.05) is 13.8 Å². The van der Waals surface area contributed by atoms with Crippen molar-refractivity contribution in [1.82, 2.24) is 4.90 Å². The van der Waals surface area contributed by atoms with E-state index < -0.39 is 5.41 Å². The van der Waals surface area contributed by atoms with Gasteiger partial charge in [0.2, 0.25) is 5.91 Å². The molecule has 3 nitrogen and oxygen atoms in total. The van der Waals surface area contributed by atoms with Gasteiger partial charge in [-0.2, -0.15) is 0 Å². The van der Waals surface area contributed by atoms with E-state index in [1.165, 1.54) is 0 Å². The molecule has 1 fully saturated rings. The second kappa shape index (κ2) is 2.84. The standard InChI is InChI=1S/C11H15FN2O/c1-11(2)6-4-7(12)8(13)5-9(6)14(3)10(11)15/h5-6H,4,13H2,1-3H3. The number of amides is 1. The first-order valence-corrected chi connectivity index (χ1v) is 4.99. The summed E-state index contributed by atoms with van der Waals surface area (Å²) in [5.41, 5.74) is 5.98. The zero-order chi connectivity index (χ0) is 11.4. The second-order valence-electron chi connectivity index (χ2n) is 4.77. The van der Waals surface area contributed by atoms with Crippen molar-refractivity contribution in [2.24, 2.45) is 17.1 Å². The average Bonchev–Trinajstić information content (AvgIpc) is 2.32. The van der Waals surface area contributed by atoms with E-state index in [-0.39, 0.29) is 29.8 Å². The van der Waals surface area contributed by atoms with Crippen LogP contribution in [0.5, 0.6) is 0 Å². The highest BCUT2D eigenvalue weighted by atomic mass is 19.1. The van der Waals surface area contributed by atoms with Crippen molar-refractivity contribution in [1.29, 1.82) is 0 Å². The molecule has 2 N–H and O–H groups in total. The maximum Gasteiger partial charge on any atom is 0.232 e. The highest BCUT2D eigenvalue weighted by Crippen LogP contribution is 2.48. The molecule has 0 bridgehead atoms. The van der Waals surface area contributed by atoms with Crippen LogP contribution in [0.1, 0.15) is 20.3 Å². The van der Waals surface area contributed by atoms with Gasteiger partial charge in [0.15, 0.2) is 0 Å². The molecule has 82 valence electrons. The molecular weight excluding hydrogens is 195 g/mol. The third-order valence-electron chi connectivity index (χ3n) is 3.47. The van der Waals surface area contributed by atoms with E-state index in [2.05, 4.69) is 0 Å². The number of allylic oxidation sites excluding steroid dienone is 3. The van der Waals surface area contributed by atoms with Crippen LogP contribution in [0.2, 0.25) is 0 Å². The van der Waals surface area contributed by atoms with Crippen molar-refractivity contribution in [2.75, 3.05) is 7.05 Å². The Hall–Kier alpha value is -1.32. The van der Waals surface area contributed by atoms with Gasteiger partial charge in [-0.25, -0.2) is 4.39 Å². The number of carbonyl (C=O) groups excluding carboxylic acids is 1. The molecule has 2 aliphatic rings. The van der Waals surface area contributed by atoms with Gasteiger partial charge in [-0.05, 0) is 6.08 Å². The number of nitrogens with zero attached hydrogens (tertiary/aromatic N) is 1. The van der Waals surface area contributed by atoms with Crippen LogP contribution in [-0.2, 0) is 4.79 Å². The van der Waals surface area contributed by atoms with Gasteiger partial charge in [0.25, 0.3) is 0 Å². The molecule has 1 unspecified atom stereocenters. The first kappa shape index (κ1) is 10.2. The lowest BCUT2D eigenvalue weighted by atomic mass is 9.76. The first-order chi connectivity index (χ1) is 6.85. The number of hydrogen-bond acceptors (Lipinski definition) is 2. The minimum Gasteiger partial charge on any atom is -0.397 e. The maximum absolute atomic E-state index is 13.4. The average molecular weight is 210 g/mol. The minimum absolute atomic E-state index is 0.0289. The first-order valence-electron chi connectivity index (χ1n) is 4.99. The fraction of sp³-hybridized carbons (Fsp3) is 0.545. The zero-order valence-corrected chi connectivity index (χ0v) is 9.17. The lowest BCUT2D eigenvalue weighted by molar-refractivity contribution is -0.133. The molecule has 1 aliphatic carbocycles. The third kappa shape index (κ3) is 1.20. The van der Waals surface area contributed by atoms with Crippen molar-refractivity contribution in [2.45, 2.75) is 20.3 Å². The van der Waals surface area contributed by atoms with Crippen molar-refractivity contribution < 1.29 is 9.18 Å². The van der Waals surface area contributed by atoms with Gasteiger partial charge in [0.1, 0.15) is 5.83 Å². The largest absolute Gasteiger partial charge is 0.397 e. The summed E-state index contributed by atoms with van der Waals surface area (Å²) in [5.74, 6) is -0.358. The molecule has 1 amide bonds. The molecule has 4 heteroatoms. The molecule has 1 atom stereocenters. The molecule has 0 aromatic carbocycles. The number of rotatable bonds is 0. The predicted octanol–water partition coefficient (Wildman–Crippen LogP) is 1.53. The Morgan fingerprint density at radius 2 is 2.20 bits per heavy atom. The SMILES string of the molecule is CN1C(=O)C(C)(C)C2CC(F)=C(N)C=C21. The Morgan fingerprint density at radius 1 is 1.60 bits per heavy atom. The van der Waals surface area contributed by atoms with E-state index in [0.29, 0.717) is 0 Å². The lowest BCUT2D eigenvalue weighted by Gasteiger charge is -2.25. The third-order valence-corrected chi connectivity index (χ3v) is 3.47. The second-order valence-corrected chi connectivity index (χ2v) is 4.77. The number of likely N-dealkylation sites (tertiary alicyclic amines) is 1. The summed E-state index contributed by atoms with van der Waals surface area (Å²) < 4.78 is 13.4. The van der Waals surface area contributed by atoms with Crippen molar-refractivity contribution in [3.8, 4) is 0 Å². The summed E-state index contributed by atoms with van der Waals surface area (Å²) in [6, 6.07) is 0. The van der Waals surface area contributed by atoms with Crippen LogP contribution in [0.15, 0.2) is 23.3 Å². The molecule has 1 saturated heterocycles. The fourth-order valence-electron chi connectivity index (χ4n) is 2.39. The Kier molecular flexibility index (Phi) is 1.93. The zero-order valence-electron chi connectivity index (χ0n) is 9.17. The summed E-state index contributed by atoms with van der Waals surface area (Å²) in [6.07, 6.45) is 1.82. The molecule has 1 aliphatic heterocycles. The fourth-order valence-corrected chi connectivity index (χ4v) is 2.39. The molecule has 0 aromatic heterocycles. The summed E-state index contributed by atoms with van der Waals surface area (Å²) in [4.78, 5) is 13.5. The van der Waals surface area contributed by atoms with Gasteiger partial charge >= 0.3 is 0 Å². The Labute approximate surface area is 88.4 Å². The van der Waals surface area contributed by atoms with Crippen molar-refractivity contribution >= 4 is 5.91 Å². The van der Waals surface area contributed by atoms with Crippen LogP contribution in [0, 0.1) is 11.3 Å². The molecule has 0 aromatic rings. The van der Waals surface area contributed by atoms with E-state index in [1.807, 2.05) is 13.8 Å². The number of hydrogen-bond donors (Lipinski definition) is 1. The molecule has 0 spiro atoms. The van der Waals surface area contributed by atoms with Crippen LogP contribution in [-0.4, -0.2) is 17.9 Å². The van der Waals surface area contributed by atoms with E-state index in [4.69, 9.17) is 5.73 Å². The van der Waals surface area contributed by atoms with Crippen LogP contribution in [0.25, 0.3) is 0 Å². The summed E-state index contributed by atoms with van der Waals surface area (Å²) in [7, 11) is 1.71. The van der Waals surface area contributed by atoms with Gasteiger partial charge < -0.3 is 10.6 Å². The van der Waals surface area contributed by atoms with Crippen LogP contribution in [0.4, 0.5) is 4.39 Å². The Bertz CT molecular complexity index is 395. The lowest BCUT2D eigenvalue weighted by Crippen LogP contribution is -2.29. The van der Waals surface area contributed by atoms with Crippen molar-refractivity contribution in [3.63, 3.8) is 0 Å². The Morgan fingerprint density at radius 3 is 2.80 bits per heavy atom. The molecular formula is C11H15FN2O. The van der Waals surface area contributed by atoms with Gasteiger partial charge in [-0.15, -0.1) is 0 Å². The number of nitrogens with two attached hydrogens (primary N) is 1. The number of halogens is 1. The minimum atomic E-state index is -0.529. The van der Waals surface area contributed by atoms with Crippen LogP contribution in [0.3, 0.4) is 0 Å². The van der Waals surface area contributed by atoms with Gasteiger partial charge in [-0.3, -0.25) is 4.79 Å². The smallest absolute Gasteiger partial charge is 0.232 e. The van der Waals surface area contributed by atoms with Crippen LogP contribution >= 0.6 is 0 Å². The van der Waals surface area contributed by atoms with Gasteiger partial charge in [0, 0.05) is 25.1 Å².